The molecular formula is C7H11N2O+. The van der Waals surface area contributed by atoms with Gasteiger partial charge in [0, 0.05) is 36.6 Å². The van der Waals surface area contributed by atoms with Crippen LogP contribution in [0.3, 0.4) is 0 Å². The van der Waals surface area contributed by atoms with Crippen LogP contribution in [0, 0.1) is 0 Å². The van der Waals surface area contributed by atoms with Gasteiger partial charge >= 0.3 is 0 Å². The number of pyridine rings is 1. The average Bonchev–Trinajstić information content (AvgIpc) is 1.88. The van der Waals surface area contributed by atoms with E-state index in [4.69, 9.17) is 5.21 Å². The fraction of sp³-hybridized carbons (Fsp3) is 0.286. The molecule has 3 heteroatoms. The van der Waals surface area contributed by atoms with Gasteiger partial charge in [-0.2, -0.15) is 0 Å². The van der Waals surface area contributed by atoms with Crippen molar-refractivity contribution >= 4 is 5.69 Å². The first-order valence-electron chi connectivity index (χ1n) is 3.08. The van der Waals surface area contributed by atoms with Gasteiger partial charge in [-0.25, -0.2) is 0 Å². The molecule has 0 amide bonds. The molecule has 0 unspecified atom stereocenters. The van der Waals surface area contributed by atoms with E-state index in [2.05, 4.69) is 0 Å². The molecule has 1 rings (SSSR count). The van der Waals surface area contributed by atoms with Gasteiger partial charge in [0.25, 0.3) is 0 Å². The SMILES string of the molecule is CN(C)c1cc[n+](O)cc1. The summed E-state index contributed by atoms with van der Waals surface area (Å²) in [5.41, 5.74) is 1.07. The molecule has 54 valence electrons. The maximum absolute atomic E-state index is 8.84. The van der Waals surface area contributed by atoms with Gasteiger partial charge in [0.05, 0.1) is 0 Å². The molecule has 0 saturated carbocycles. The molecule has 0 atom stereocenters. The quantitative estimate of drug-likeness (QED) is 0.447. The standard InChI is InChI=1S/C7H11N2O/c1-8(2)7-3-5-9(10)6-4-7/h3-6,10H,1-2H3/q+1. The van der Waals surface area contributed by atoms with Crippen molar-refractivity contribution in [3.63, 3.8) is 0 Å². The maximum Gasteiger partial charge on any atom is 0.224 e. The summed E-state index contributed by atoms with van der Waals surface area (Å²) in [6.45, 7) is 0. The zero-order chi connectivity index (χ0) is 7.56. The molecule has 1 heterocycles. The molecule has 0 aromatic carbocycles. The topological polar surface area (TPSA) is 27.4 Å². The lowest BCUT2D eigenvalue weighted by Gasteiger charge is -2.09. The Morgan fingerprint density at radius 1 is 1.30 bits per heavy atom. The maximum atomic E-state index is 8.84. The van der Waals surface area contributed by atoms with Gasteiger partial charge in [-0.15, -0.1) is 0 Å². The van der Waals surface area contributed by atoms with Crippen molar-refractivity contribution in [3.05, 3.63) is 24.5 Å². The minimum Gasteiger partial charge on any atom is -0.377 e. The van der Waals surface area contributed by atoms with E-state index in [-0.39, 0.29) is 0 Å². The Kier molecular flexibility index (Phi) is 1.76. The summed E-state index contributed by atoms with van der Waals surface area (Å²) in [4.78, 5) is 1.97. The monoisotopic (exact) mass is 139 g/mol. The molecule has 1 N–H and O–H groups in total. The highest BCUT2D eigenvalue weighted by atomic mass is 16.5. The fourth-order valence-corrected chi connectivity index (χ4v) is 0.709. The van der Waals surface area contributed by atoms with Crippen molar-refractivity contribution in [2.24, 2.45) is 0 Å². The van der Waals surface area contributed by atoms with Crippen molar-refractivity contribution in [2.75, 3.05) is 19.0 Å². The number of aromatic nitrogens is 1. The van der Waals surface area contributed by atoms with Crippen LogP contribution in [-0.4, -0.2) is 19.3 Å². The number of hydrogen-bond donors (Lipinski definition) is 1. The van der Waals surface area contributed by atoms with Gasteiger partial charge in [0.1, 0.15) is 0 Å². The van der Waals surface area contributed by atoms with Gasteiger partial charge in [-0.3, -0.25) is 5.21 Å². The summed E-state index contributed by atoms with van der Waals surface area (Å²) < 4.78 is 1.02. The van der Waals surface area contributed by atoms with Crippen LogP contribution in [0.4, 0.5) is 5.69 Å². The Balaban J connectivity index is 2.89. The third-order valence-corrected chi connectivity index (χ3v) is 1.31. The van der Waals surface area contributed by atoms with Crippen molar-refractivity contribution < 1.29 is 9.94 Å². The smallest absolute Gasteiger partial charge is 0.224 e. The Morgan fingerprint density at radius 2 is 1.80 bits per heavy atom. The van der Waals surface area contributed by atoms with Gasteiger partial charge in [-0.05, 0) is 0 Å². The molecule has 10 heavy (non-hydrogen) atoms. The highest BCUT2D eigenvalue weighted by Gasteiger charge is 1.97. The molecule has 0 aliphatic carbocycles. The molecule has 3 nitrogen and oxygen atoms in total. The Hall–Kier alpha value is -1.25. The molecule has 0 bridgehead atoms. The lowest BCUT2D eigenvalue weighted by Crippen LogP contribution is -2.28. The van der Waals surface area contributed by atoms with Crippen LogP contribution in [0.5, 0.6) is 0 Å². The van der Waals surface area contributed by atoms with Crippen LogP contribution >= 0.6 is 0 Å². The number of nitrogens with zero attached hydrogens (tertiary/aromatic N) is 2. The highest BCUT2D eigenvalue weighted by Crippen LogP contribution is 2.04. The minimum absolute atomic E-state index is 1.02. The number of anilines is 1. The van der Waals surface area contributed by atoms with Gasteiger partial charge < -0.3 is 4.90 Å². The minimum atomic E-state index is 1.02. The lowest BCUT2D eigenvalue weighted by atomic mass is 10.4. The average molecular weight is 139 g/mol. The van der Waals surface area contributed by atoms with E-state index in [9.17, 15) is 0 Å². The molecule has 0 aliphatic rings. The van der Waals surface area contributed by atoms with E-state index >= 15 is 0 Å². The van der Waals surface area contributed by atoms with Crippen molar-refractivity contribution in [3.8, 4) is 0 Å². The van der Waals surface area contributed by atoms with Crippen molar-refractivity contribution in [2.45, 2.75) is 0 Å². The highest BCUT2D eigenvalue weighted by molar-refractivity contribution is 5.41. The zero-order valence-electron chi connectivity index (χ0n) is 6.15. The largest absolute Gasteiger partial charge is 0.377 e. The van der Waals surface area contributed by atoms with E-state index in [0.717, 1.165) is 10.4 Å². The predicted octanol–water partition coefficient (Wildman–Crippen LogP) is 0.277. The Labute approximate surface area is 60.1 Å². The summed E-state index contributed by atoms with van der Waals surface area (Å²) in [6, 6.07) is 3.67. The summed E-state index contributed by atoms with van der Waals surface area (Å²) in [5, 5.41) is 8.84. The molecule has 0 spiro atoms. The lowest BCUT2D eigenvalue weighted by molar-refractivity contribution is -0.904. The second-order valence-corrected chi connectivity index (χ2v) is 2.33. The Morgan fingerprint density at radius 3 is 2.20 bits per heavy atom. The second kappa shape index (κ2) is 2.56. The van der Waals surface area contributed by atoms with E-state index in [0.29, 0.717) is 0 Å². The summed E-state index contributed by atoms with van der Waals surface area (Å²) in [6.07, 6.45) is 3.19. The molecule has 0 radical (unpaired) electrons. The molecule has 1 aromatic rings. The molecular weight excluding hydrogens is 128 g/mol. The van der Waals surface area contributed by atoms with Crippen LogP contribution in [0.15, 0.2) is 24.5 Å². The first-order chi connectivity index (χ1) is 4.70. The fourth-order valence-electron chi connectivity index (χ4n) is 0.709. The summed E-state index contributed by atoms with van der Waals surface area (Å²) >= 11 is 0. The van der Waals surface area contributed by atoms with E-state index < -0.39 is 0 Å². The normalized spacial score (nSPS) is 9.40. The molecule has 0 saturated heterocycles. The Bertz CT molecular complexity index is 205. The molecule has 1 aromatic heterocycles. The number of hydrogen-bond acceptors (Lipinski definition) is 2. The second-order valence-electron chi connectivity index (χ2n) is 2.33. The summed E-state index contributed by atoms with van der Waals surface area (Å²) in [7, 11) is 3.91. The van der Waals surface area contributed by atoms with E-state index in [1.165, 1.54) is 0 Å². The van der Waals surface area contributed by atoms with Crippen LogP contribution in [0.2, 0.25) is 0 Å². The third kappa shape index (κ3) is 1.37. The van der Waals surface area contributed by atoms with Gasteiger partial charge in [0.15, 0.2) is 0 Å². The first kappa shape index (κ1) is 6.86. The predicted molar refractivity (Wildman–Crippen MR) is 38.1 cm³/mol. The molecule has 0 aliphatic heterocycles. The third-order valence-electron chi connectivity index (χ3n) is 1.31. The molecule has 0 fully saturated rings. The number of rotatable bonds is 1. The first-order valence-corrected chi connectivity index (χ1v) is 3.08. The van der Waals surface area contributed by atoms with Crippen LogP contribution in [0.1, 0.15) is 0 Å². The van der Waals surface area contributed by atoms with Crippen LogP contribution in [-0.2, 0) is 0 Å². The van der Waals surface area contributed by atoms with Crippen molar-refractivity contribution in [1.29, 1.82) is 0 Å². The van der Waals surface area contributed by atoms with E-state index in [1.807, 2.05) is 31.1 Å². The summed E-state index contributed by atoms with van der Waals surface area (Å²) in [5.74, 6) is 0. The van der Waals surface area contributed by atoms with Crippen molar-refractivity contribution in [1.82, 2.24) is 0 Å². The van der Waals surface area contributed by atoms with Crippen LogP contribution < -0.4 is 9.63 Å². The zero-order valence-corrected chi connectivity index (χ0v) is 6.15. The van der Waals surface area contributed by atoms with Gasteiger partial charge in [0.2, 0.25) is 12.4 Å². The van der Waals surface area contributed by atoms with Crippen LogP contribution in [0.25, 0.3) is 0 Å². The van der Waals surface area contributed by atoms with Gasteiger partial charge in [-0.1, -0.05) is 0 Å². The van der Waals surface area contributed by atoms with E-state index in [1.54, 1.807) is 12.4 Å².